The Labute approximate surface area is 263 Å². The van der Waals surface area contributed by atoms with Crippen LogP contribution in [0.3, 0.4) is 0 Å². The van der Waals surface area contributed by atoms with E-state index in [-0.39, 0.29) is 22.8 Å². The van der Waals surface area contributed by atoms with Crippen LogP contribution in [0.5, 0.6) is 5.75 Å². The quantitative estimate of drug-likeness (QED) is 0.176. The van der Waals surface area contributed by atoms with Gasteiger partial charge in [0.1, 0.15) is 5.75 Å². The van der Waals surface area contributed by atoms with Crippen LogP contribution in [0.25, 0.3) is 0 Å². The first kappa shape index (κ1) is 36.4. The van der Waals surface area contributed by atoms with Crippen molar-refractivity contribution in [2.24, 2.45) is 5.73 Å². The number of rotatable bonds is 12. The second-order valence-corrected chi connectivity index (χ2v) is 12.3. The van der Waals surface area contributed by atoms with Gasteiger partial charge in [0.25, 0.3) is 0 Å². The number of unbranched alkanes of at least 4 members (excludes halogenated alkanes) is 1. The lowest BCUT2D eigenvalue weighted by Crippen LogP contribution is -2.49. The van der Waals surface area contributed by atoms with E-state index in [0.717, 1.165) is 30.6 Å². The van der Waals surface area contributed by atoms with E-state index >= 15 is 0 Å². The molecular formula is C35H48N4O4S. The third kappa shape index (κ3) is 11.7. The van der Waals surface area contributed by atoms with Crippen molar-refractivity contribution in [2.45, 2.75) is 75.3 Å². The van der Waals surface area contributed by atoms with Gasteiger partial charge < -0.3 is 15.8 Å². The number of amides is 1. The molecule has 1 aromatic heterocycles. The zero-order chi connectivity index (χ0) is 32.4. The van der Waals surface area contributed by atoms with Gasteiger partial charge in [0.15, 0.2) is 0 Å². The van der Waals surface area contributed by atoms with Crippen LogP contribution in [0.2, 0.25) is 0 Å². The van der Waals surface area contributed by atoms with Gasteiger partial charge in [-0.25, -0.2) is 13.1 Å². The number of benzene rings is 2. The van der Waals surface area contributed by atoms with E-state index in [1.807, 2.05) is 32.2 Å². The fourth-order valence-electron chi connectivity index (χ4n) is 5.01. The standard InChI is InChI=1S/C29H36N4O4S.2C3H6/c1-37-23-13-14-25-22(19-23)12-15-28(26(25)18-21-8-7-16-31-20-21)33-29(34)27(30)11-5-6-17-32-38(35,36)24-9-3-2-4-10-24;2*1-3-2/h2-4,7-10,13-14,16,19-20,26-28,32H,5-6,11-12,15,17-18,30H2,1H3,(H,33,34);2*3H,1H2,2H3. The van der Waals surface area contributed by atoms with Gasteiger partial charge in [-0.3, -0.25) is 9.78 Å². The SMILES string of the molecule is C=CC.C=CC.COc1ccc2c(c1)CCC(NC(=O)C(N)CCCCNS(=O)(=O)c1ccccc1)C2Cc1cccnc1. The second-order valence-electron chi connectivity index (χ2n) is 10.5. The molecule has 0 fully saturated rings. The summed E-state index contributed by atoms with van der Waals surface area (Å²) in [4.78, 5) is 17.5. The number of carbonyl (C=O) groups is 1. The summed E-state index contributed by atoms with van der Waals surface area (Å²) in [6, 6.07) is 17.7. The minimum Gasteiger partial charge on any atom is -0.497 e. The van der Waals surface area contributed by atoms with Crippen LogP contribution in [0, 0.1) is 0 Å². The monoisotopic (exact) mass is 620 g/mol. The Balaban J connectivity index is 0.00000104. The highest BCUT2D eigenvalue weighted by molar-refractivity contribution is 7.89. The summed E-state index contributed by atoms with van der Waals surface area (Å²) >= 11 is 0. The number of hydrogen-bond acceptors (Lipinski definition) is 6. The van der Waals surface area contributed by atoms with Crippen LogP contribution < -0.4 is 20.5 Å². The van der Waals surface area contributed by atoms with Crippen LogP contribution in [-0.4, -0.2) is 45.0 Å². The Bertz CT molecular complexity index is 1390. The first-order valence-electron chi connectivity index (χ1n) is 15.0. The number of sulfonamides is 1. The van der Waals surface area contributed by atoms with Crippen LogP contribution in [0.4, 0.5) is 0 Å². The van der Waals surface area contributed by atoms with Gasteiger partial charge in [-0.1, -0.05) is 48.9 Å². The number of pyridine rings is 1. The van der Waals surface area contributed by atoms with Gasteiger partial charge in [0.2, 0.25) is 15.9 Å². The number of fused-ring (bicyclic) bond motifs is 1. The highest BCUT2D eigenvalue weighted by Crippen LogP contribution is 2.36. The zero-order valence-corrected chi connectivity index (χ0v) is 27.1. The van der Waals surface area contributed by atoms with E-state index in [1.54, 1.807) is 55.8 Å². The van der Waals surface area contributed by atoms with E-state index in [0.29, 0.717) is 25.8 Å². The molecule has 8 nitrogen and oxygen atoms in total. The van der Waals surface area contributed by atoms with Crippen molar-refractivity contribution in [3.05, 3.63) is 115 Å². The molecule has 3 unspecified atom stereocenters. The van der Waals surface area contributed by atoms with Gasteiger partial charge in [-0.2, -0.15) is 0 Å². The van der Waals surface area contributed by atoms with Gasteiger partial charge in [-0.15, -0.1) is 13.2 Å². The summed E-state index contributed by atoms with van der Waals surface area (Å²) in [6.07, 6.45) is 11.3. The fraction of sp³-hybridized carbons (Fsp3) is 0.371. The Hall–Kier alpha value is -3.79. The third-order valence-corrected chi connectivity index (χ3v) is 8.57. The van der Waals surface area contributed by atoms with E-state index in [2.05, 4.69) is 46.4 Å². The molecule has 1 heterocycles. The number of methoxy groups -OCH3 is 1. The topological polar surface area (TPSA) is 123 Å². The number of allylic oxidation sites excluding steroid dienone is 2. The molecular weight excluding hydrogens is 572 g/mol. The van der Waals surface area contributed by atoms with Crippen LogP contribution in [-0.2, 0) is 27.7 Å². The van der Waals surface area contributed by atoms with Crippen molar-refractivity contribution >= 4 is 15.9 Å². The normalized spacial score (nSPS) is 16.0. The smallest absolute Gasteiger partial charge is 0.240 e. The summed E-state index contributed by atoms with van der Waals surface area (Å²) in [5.74, 6) is 0.754. The van der Waals surface area contributed by atoms with Gasteiger partial charge in [-0.05, 0) is 93.0 Å². The molecule has 0 bridgehead atoms. The van der Waals surface area contributed by atoms with E-state index in [4.69, 9.17) is 10.5 Å². The molecule has 3 aromatic rings. The lowest BCUT2D eigenvalue weighted by atomic mass is 9.76. The van der Waals surface area contributed by atoms with E-state index in [9.17, 15) is 13.2 Å². The maximum Gasteiger partial charge on any atom is 0.240 e. The molecule has 0 aliphatic heterocycles. The molecule has 2 aromatic carbocycles. The molecule has 4 N–H and O–H groups in total. The van der Waals surface area contributed by atoms with Crippen LogP contribution in [0.15, 0.2) is 103 Å². The Morgan fingerprint density at radius 1 is 1.09 bits per heavy atom. The molecule has 4 rings (SSSR count). The largest absolute Gasteiger partial charge is 0.497 e. The predicted octanol–water partition coefficient (Wildman–Crippen LogP) is 5.71. The minimum absolute atomic E-state index is 0.0488. The summed E-state index contributed by atoms with van der Waals surface area (Å²) in [5.41, 5.74) is 9.82. The first-order chi connectivity index (χ1) is 21.2. The molecule has 0 saturated heterocycles. The van der Waals surface area contributed by atoms with Crippen molar-refractivity contribution in [1.29, 1.82) is 0 Å². The average molecular weight is 621 g/mol. The molecule has 0 saturated carbocycles. The number of nitrogens with two attached hydrogens (primary N) is 1. The molecule has 1 aliphatic carbocycles. The number of aryl methyl sites for hydroxylation is 1. The van der Waals surface area contributed by atoms with Crippen LogP contribution in [0.1, 0.15) is 62.1 Å². The fourth-order valence-corrected chi connectivity index (χ4v) is 6.11. The lowest BCUT2D eigenvalue weighted by Gasteiger charge is -2.35. The molecule has 44 heavy (non-hydrogen) atoms. The highest BCUT2D eigenvalue weighted by Gasteiger charge is 2.32. The molecule has 1 aliphatic rings. The predicted molar refractivity (Wildman–Crippen MR) is 179 cm³/mol. The summed E-state index contributed by atoms with van der Waals surface area (Å²) in [6.45, 7) is 10.8. The van der Waals surface area contributed by atoms with E-state index < -0.39 is 16.1 Å². The highest BCUT2D eigenvalue weighted by atomic mass is 32.2. The molecule has 0 radical (unpaired) electrons. The second kappa shape index (κ2) is 19.5. The molecule has 9 heteroatoms. The number of carbonyl (C=O) groups excluding carboxylic acids is 1. The van der Waals surface area contributed by atoms with Crippen molar-refractivity contribution in [3.63, 3.8) is 0 Å². The average Bonchev–Trinajstić information content (AvgIpc) is 3.03. The van der Waals surface area contributed by atoms with Gasteiger partial charge in [0, 0.05) is 30.9 Å². The maximum absolute atomic E-state index is 13.0. The molecule has 1 amide bonds. The summed E-state index contributed by atoms with van der Waals surface area (Å²) in [5, 5.41) is 3.22. The van der Waals surface area contributed by atoms with Crippen molar-refractivity contribution in [1.82, 2.24) is 15.0 Å². The van der Waals surface area contributed by atoms with Gasteiger partial charge >= 0.3 is 0 Å². The Kier molecular flexibility index (Phi) is 16.1. The van der Waals surface area contributed by atoms with Crippen molar-refractivity contribution in [2.75, 3.05) is 13.7 Å². The number of hydrogen-bond donors (Lipinski definition) is 3. The maximum atomic E-state index is 13.0. The van der Waals surface area contributed by atoms with Crippen molar-refractivity contribution in [3.8, 4) is 5.75 Å². The van der Waals surface area contributed by atoms with E-state index in [1.165, 1.54) is 11.1 Å². The van der Waals surface area contributed by atoms with Crippen LogP contribution >= 0.6 is 0 Å². The molecule has 3 atom stereocenters. The Morgan fingerprint density at radius 2 is 1.80 bits per heavy atom. The number of nitrogens with one attached hydrogen (secondary N) is 2. The lowest BCUT2D eigenvalue weighted by molar-refractivity contribution is -0.123. The molecule has 0 spiro atoms. The summed E-state index contributed by atoms with van der Waals surface area (Å²) < 4.78 is 32.7. The number of nitrogens with zero attached hydrogens (tertiary/aromatic N) is 1. The first-order valence-corrected chi connectivity index (χ1v) is 16.5. The zero-order valence-electron chi connectivity index (χ0n) is 26.2. The third-order valence-electron chi connectivity index (χ3n) is 7.09. The molecule has 238 valence electrons. The minimum atomic E-state index is -3.53. The number of aromatic nitrogens is 1. The summed E-state index contributed by atoms with van der Waals surface area (Å²) in [7, 11) is -1.86. The van der Waals surface area contributed by atoms with Gasteiger partial charge in [0.05, 0.1) is 18.0 Å². The van der Waals surface area contributed by atoms with Crippen molar-refractivity contribution < 1.29 is 17.9 Å². The number of ether oxygens (including phenoxy) is 1. The Morgan fingerprint density at radius 3 is 2.43 bits per heavy atom.